The van der Waals surface area contributed by atoms with E-state index in [1.807, 2.05) is 18.2 Å². The normalized spacial score (nSPS) is 12.2. The first-order chi connectivity index (χ1) is 11.8. The lowest BCUT2D eigenvalue weighted by molar-refractivity contribution is 0.0761. The van der Waals surface area contributed by atoms with Crippen LogP contribution in [0.5, 0.6) is 11.5 Å². The third-order valence-electron chi connectivity index (χ3n) is 3.99. The maximum absolute atomic E-state index is 12.8. The number of halogens is 1. The van der Waals surface area contributed by atoms with Crippen LogP contribution < -0.4 is 15.2 Å². The number of carbonyl (C=O) groups excluding carboxylic acids is 1. The van der Waals surface area contributed by atoms with Gasteiger partial charge in [0, 0.05) is 25.2 Å². The Kier molecular flexibility index (Phi) is 7.10. The van der Waals surface area contributed by atoms with Crippen LogP contribution in [0.15, 0.2) is 48.5 Å². The Morgan fingerprint density at radius 3 is 2.44 bits per heavy atom. The molecular formula is C19H23ClN2O3. The summed E-state index contributed by atoms with van der Waals surface area (Å²) in [5.41, 5.74) is 7.49. The van der Waals surface area contributed by atoms with Crippen molar-refractivity contribution >= 4 is 18.3 Å². The van der Waals surface area contributed by atoms with Gasteiger partial charge in [0.1, 0.15) is 13.2 Å². The highest BCUT2D eigenvalue weighted by Crippen LogP contribution is 2.31. The number of fused-ring (bicyclic) bond motifs is 1. The van der Waals surface area contributed by atoms with Gasteiger partial charge in [-0.1, -0.05) is 30.3 Å². The van der Waals surface area contributed by atoms with Gasteiger partial charge in [0.25, 0.3) is 5.91 Å². The third-order valence-corrected chi connectivity index (χ3v) is 3.99. The number of nitrogens with two attached hydrogens (primary N) is 1. The van der Waals surface area contributed by atoms with Crippen LogP contribution in [-0.4, -0.2) is 43.7 Å². The number of nitrogens with zero attached hydrogens (tertiary/aromatic N) is 1. The van der Waals surface area contributed by atoms with Crippen LogP contribution >= 0.6 is 12.4 Å². The van der Waals surface area contributed by atoms with E-state index in [9.17, 15) is 4.79 Å². The van der Waals surface area contributed by atoms with E-state index < -0.39 is 0 Å². The molecule has 134 valence electrons. The maximum atomic E-state index is 12.8. The van der Waals surface area contributed by atoms with Crippen LogP contribution in [0, 0.1) is 0 Å². The van der Waals surface area contributed by atoms with Gasteiger partial charge in [-0.2, -0.15) is 0 Å². The zero-order valence-electron chi connectivity index (χ0n) is 14.0. The van der Waals surface area contributed by atoms with Crippen molar-refractivity contribution in [1.29, 1.82) is 0 Å². The molecule has 0 spiro atoms. The topological polar surface area (TPSA) is 64.8 Å². The Morgan fingerprint density at radius 1 is 1.00 bits per heavy atom. The molecule has 6 heteroatoms. The molecule has 1 heterocycles. The summed E-state index contributed by atoms with van der Waals surface area (Å²) in [7, 11) is 0. The molecule has 2 aromatic carbocycles. The van der Waals surface area contributed by atoms with Crippen LogP contribution in [0.3, 0.4) is 0 Å². The van der Waals surface area contributed by atoms with Crippen LogP contribution in [0.1, 0.15) is 15.9 Å². The van der Waals surface area contributed by atoms with E-state index >= 15 is 0 Å². The fraction of sp³-hybridized carbons (Fsp3) is 0.316. The fourth-order valence-electron chi connectivity index (χ4n) is 2.74. The van der Waals surface area contributed by atoms with Crippen molar-refractivity contribution in [3.8, 4) is 11.5 Å². The first-order valence-electron chi connectivity index (χ1n) is 8.21. The number of hydrogen-bond acceptors (Lipinski definition) is 4. The fourth-order valence-corrected chi connectivity index (χ4v) is 2.74. The Bertz CT molecular complexity index is 694. The minimum absolute atomic E-state index is 0. The summed E-state index contributed by atoms with van der Waals surface area (Å²) in [4.78, 5) is 14.6. The molecule has 0 atom stereocenters. The van der Waals surface area contributed by atoms with Gasteiger partial charge in [-0.25, -0.2) is 0 Å². The number of hydrogen-bond donors (Lipinski definition) is 1. The lowest BCUT2D eigenvalue weighted by Gasteiger charge is -2.24. The average molecular weight is 363 g/mol. The second-order valence-electron chi connectivity index (χ2n) is 5.67. The van der Waals surface area contributed by atoms with E-state index in [1.54, 1.807) is 23.1 Å². The van der Waals surface area contributed by atoms with Crippen molar-refractivity contribution < 1.29 is 14.3 Å². The van der Waals surface area contributed by atoms with E-state index in [4.69, 9.17) is 15.2 Å². The number of ether oxygens (including phenoxy) is 2. The van der Waals surface area contributed by atoms with Crippen molar-refractivity contribution in [2.45, 2.75) is 6.42 Å². The minimum Gasteiger partial charge on any atom is -0.486 e. The smallest absolute Gasteiger partial charge is 0.254 e. The molecule has 0 unspecified atom stereocenters. The first kappa shape index (κ1) is 19.1. The summed E-state index contributed by atoms with van der Waals surface area (Å²) in [6.07, 6.45) is 0.803. The molecule has 3 rings (SSSR count). The monoisotopic (exact) mass is 362 g/mol. The zero-order chi connectivity index (χ0) is 16.8. The molecule has 0 radical (unpaired) electrons. The first-order valence-corrected chi connectivity index (χ1v) is 8.21. The number of rotatable bonds is 6. The van der Waals surface area contributed by atoms with Crippen molar-refractivity contribution in [2.75, 3.05) is 32.8 Å². The maximum Gasteiger partial charge on any atom is 0.254 e. The molecule has 2 N–H and O–H groups in total. The molecule has 0 saturated carbocycles. The predicted octanol–water partition coefficient (Wildman–Crippen LogP) is 2.52. The predicted molar refractivity (Wildman–Crippen MR) is 99.8 cm³/mol. The summed E-state index contributed by atoms with van der Waals surface area (Å²) < 4.78 is 11.1. The molecule has 0 bridgehead atoms. The van der Waals surface area contributed by atoms with Crippen LogP contribution in [0.4, 0.5) is 0 Å². The summed E-state index contributed by atoms with van der Waals surface area (Å²) in [6.45, 7) is 2.64. The SMILES string of the molecule is Cl.NCCN(CCc1ccccc1)C(=O)c1ccc2c(c1)OCCO2. The molecule has 5 nitrogen and oxygen atoms in total. The minimum atomic E-state index is -0.0339. The Morgan fingerprint density at radius 2 is 1.72 bits per heavy atom. The van der Waals surface area contributed by atoms with Crippen molar-refractivity contribution in [2.24, 2.45) is 5.73 Å². The second kappa shape index (κ2) is 9.30. The molecule has 2 aromatic rings. The molecular weight excluding hydrogens is 340 g/mol. The second-order valence-corrected chi connectivity index (χ2v) is 5.67. The molecule has 0 saturated heterocycles. The molecule has 1 amide bonds. The number of carbonyl (C=O) groups is 1. The van der Waals surface area contributed by atoms with Crippen LogP contribution in [-0.2, 0) is 6.42 Å². The molecule has 0 fully saturated rings. The molecule has 0 aliphatic carbocycles. The van der Waals surface area contributed by atoms with Crippen molar-refractivity contribution in [3.05, 3.63) is 59.7 Å². The largest absolute Gasteiger partial charge is 0.486 e. The van der Waals surface area contributed by atoms with Crippen molar-refractivity contribution in [3.63, 3.8) is 0 Å². The van der Waals surface area contributed by atoms with Gasteiger partial charge in [0.05, 0.1) is 0 Å². The Labute approximate surface area is 154 Å². The molecule has 0 aromatic heterocycles. The van der Waals surface area contributed by atoms with Gasteiger partial charge < -0.3 is 20.1 Å². The van der Waals surface area contributed by atoms with Crippen LogP contribution in [0.2, 0.25) is 0 Å². The van der Waals surface area contributed by atoms with Gasteiger partial charge in [-0.15, -0.1) is 12.4 Å². The highest BCUT2D eigenvalue weighted by atomic mass is 35.5. The number of benzene rings is 2. The summed E-state index contributed by atoms with van der Waals surface area (Å²) in [5.74, 6) is 1.28. The van der Waals surface area contributed by atoms with Gasteiger partial charge >= 0.3 is 0 Å². The summed E-state index contributed by atoms with van der Waals surface area (Å²) in [5, 5.41) is 0. The van der Waals surface area contributed by atoms with E-state index in [2.05, 4.69) is 12.1 Å². The Hall–Kier alpha value is -2.24. The van der Waals surface area contributed by atoms with E-state index in [1.165, 1.54) is 5.56 Å². The van der Waals surface area contributed by atoms with E-state index in [-0.39, 0.29) is 18.3 Å². The highest BCUT2D eigenvalue weighted by Gasteiger charge is 2.19. The van der Waals surface area contributed by atoms with Gasteiger partial charge in [-0.05, 0) is 30.2 Å². The highest BCUT2D eigenvalue weighted by molar-refractivity contribution is 5.95. The quantitative estimate of drug-likeness (QED) is 0.857. The molecule has 1 aliphatic rings. The summed E-state index contributed by atoms with van der Waals surface area (Å²) in [6, 6.07) is 15.5. The van der Waals surface area contributed by atoms with E-state index in [0.717, 1.165) is 6.42 Å². The lowest BCUT2D eigenvalue weighted by atomic mass is 10.1. The lowest BCUT2D eigenvalue weighted by Crippen LogP contribution is -2.37. The standard InChI is InChI=1S/C19H22N2O3.ClH/c20-9-11-21(10-8-15-4-2-1-3-5-15)19(22)16-6-7-17-18(14-16)24-13-12-23-17;/h1-7,14H,8-13,20H2;1H. The zero-order valence-corrected chi connectivity index (χ0v) is 14.8. The van der Waals surface area contributed by atoms with Gasteiger partial charge in [0.2, 0.25) is 0 Å². The van der Waals surface area contributed by atoms with Crippen LogP contribution in [0.25, 0.3) is 0 Å². The van der Waals surface area contributed by atoms with Crippen molar-refractivity contribution in [1.82, 2.24) is 4.90 Å². The number of amides is 1. The summed E-state index contributed by atoms with van der Waals surface area (Å²) >= 11 is 0. The van der Waals surface area contributed by atoms with E-state index in [0.29, 0.717) is 49.9 Å². The van der Waals surface area contributed by atoms with Gasteiger partial charge in [0.15, 0.2) is 11.5 Å². The Balaban J connectivity index is 0.00000225. The van der Waals surface area contributed by atoms with Gasteiger partial charge in [-0.3, -0.25) is 4.79 Å². The molecule has 1 aliphatic heterocycles. The average Bonchev–Trinajstić information content (AvgIpc) is 2.65. The molecule has 25 heavy (non-hydrogen) atoms. The third kappa shape index (κ3) is 4.87.